The predicted molar refractivity (Wildman–Crippen MR) is 80.0 cm³/mol. The van der Waals surface area contributed by atoms with Crippen molar-refractivity contribution in [3.8, 4) is 5.75 Å². The van der Waals surface area contributed by atoms with Crippen LogP contribution in [-0.2, 0) is 11.3 Å². The van der Waals surface area contributed by atoms with Gasteiger partial charge in [-0.15, -0.1) is 0 Å². The minimum atomic E-state index is -0.0294. The summed E-state index contributed by atoms with van der Waals surface area (Å²) in [5, 5.41) is 4.08. The van der Waals surface area contributed by atoms with Gasteiger partial charge in [-0.05, 0) is 33.8 Å². The molecule has 1 rings (SSSR count). The Morgan fingerprint density at radius 3 is 2.58 bits per heavy atom. The van der Waals surface area contributed by atoms with Gasteiger partial charge in [0.05, 0.1) is 11.6 Å². The number of methoxy groups -OCH3 is 1. The maximum Gasteiger partial charge on any atom is 0.142 e. The lowest BCUT2D eigenvalue weighted by molar-refractivity contribution is 0.0913. The molecular weight excluding hydrogens is 262 g/mol. The third kappa shape index (κ3) is 5.81. The van der Waals surface area contributed by atoms with Gasteiger partial charge in [0.2, 0.25) is 0 Å². The van der Waals surface area contributed by atoms with E-state index < -0.39 is 0 Å². The lowest BCUT2D eigenvalue weighted by Gasteiger charge is -2.23. The fraction of sp³-hybridized carbons (Fsp3) is 0.600. The number of halogens is 1. The summed E-state index contributed by atoms with van der Waals surface area (Å²) < 4.78 is 11.0. The number of ether oxygens (including phenoxy) is 2. The zero-order valence-electron chi connectivity index (χ0n) is 12.4. The number of hydrogen-bond donors (Lipinski definition) is 1. The molecule has 0 saturated carbocycles. The molecule has 1 atom stereocenters. The van der Waals surface area contributed by atoms with Crippen LogP contribution in [0.15, 0.2) is 18.2 Å². The van der Waals surface area contributed by atoms with Crippen LogP contribution in [0.3, 0.4) is 0 Å². The summed E-state index contributed by atoms with van der Waals surface area (Å²) >= 11 is 6.23. The van der Waals surface area contributed by atoms with E-state index in [-0.39, 0.29) is 11.6 Å². The molecule has 0 heterocycles. The Balaban J connectivity index is 2.83. The summed E-state index contributed by atoms with van der Waals surface area (Å²) in [5.74, 6) is 0.741. The molecule has 0 radical (unpaired) electrons. The Morgan fingerprint density at radius 1 is 1.32 bits per heavy atom. The summed E-state index contributed by atoms with van der Waals surface area (Å²) in [6, 6.07) is 5.81. The third-order valence-electron chi connectivity index (χ3n) is 2.58. The van der Waals surface area contributed by atoms with E-state index in [2.05, 4.69) is 26.1 Å². The van der Waals surface area contributed by atoms with Crippen molar-refractivity contribution in [2.75, 3.05) is 13.7 Å². The van der Waals surface area contributed by atoms with Crippen molar-refractivity contribution in [1.82, 2.24) is 5.32 Å². The second-order valence-corrected chi connectivity index (χ2v) is 6.12. The largest absolute Gasteiger partial charge is 0.486 e. The highest BCUT2D eigenvalue weighted by atomic mass is 35.5. The Morgan fingerprint density at radius 2 is 2.00 bits per heavy atom. The smallest absolute Gasteiger partial charge is 0.142 e. The van der Waals surface area contributed by atoms with Crippen molar-refractivity contribution < 1.29 is 9.47 Å². The molecule has 1 aromatic rings. The average molecular weight is 286 g/mol. The van der Waals surface area contributed by atoms with Gasteiger partial charge in [0.15, 0.2) is 0 Å². The molecule has 4 heteroatoms. The Labute approximate surface area is 121 Å². The maximum atomic E-state index is 6.23. The average Bonchev–Trinajstić information content (AvgIpc) is 2.29. The first-order valence-electron chi connectivity index (χ1n) is 6.51. The second kappa shape index (κ2) is 7.13. The number of nitrogens with one attached hydrogen (secondary N) is 1. The molecule has 1 N–H and O–H groups in total. The Hall–Kier alpha value is -0.770. The highest BCUT2D eigenvalue weighted by molar-refractivity contribution is 6.32. The van der Waals surface area contributed by atoms with Crippen LogP contribution in [0.25, 0.3) is 0 Å². The number of rotatable bonds is 6. The fourth-order valence-electron chi connectivity index (χ4n) is 1.65. The van der Waals surface area contributed by atoms with E-state index in [0.29, 0.717) is 11.6 Å². The van der Waals surface area contributed by atoms with Crippen molar-refractivity contribution in [2.24, 2.45) is 0 Å². The van der Waals surface area contributed by atoms with Crippen molar-refractivity contribution in [3.63, 3.8) is 0 Å². The van der Waals surface area contributed by atoms with Gasteiger partial charge in [0, 0.05) is 24.8 Å². The van der Waals surface area contributed by atoms with Crippen LogP contribution in [0.4, 0.5) is 0 Å². The molecule has 1 aromatic carbocycles. The lowest BCUT2D eigenvalue weighted by atomic mass is 10.1. The van der Waals surface area contributed by atoms with Gasteiger partial charge in [-0.25, -0.2) is 0 Å². The van der Waals surface area contributed by atoms with Crippen LogP contribution >= 0.6 is 11.6 Å². The summed E-state index contributed by atoms with van der Waals surface area (Å²) in [5.41, 5.74) is 1.11. The Bertz CT molecular complexity index is 402. The van der Waals surface area contributed by atoms with Gasteiger partial charge in [-0.2, -0.15) is 0 Å². The molecule has 3 nitrogen and oxygen atoms in total. The third-order valence-corrected chi connectivity index (χ3v) is 2.88. The SMILES string of the molecule is COCC(C)Oc1c(Cl)cccc1CNC(C)(C)C. The topological polar surface area (TPSA) is 30.5 Å². The zero-order chi connectivity index (χ0) is 14.5. The number of para-hydroxylation sites is 1. The number of hydrogen-bond acceptors (Lipinski definition) is 3. The van der Waals surface area contributed by atoms with Gasteiger partial charge in [-0.1, -0.05) is 23.7 Å². The molecule has 0 spiro atoms. The van der Waals surface area contributed by atoms with Crippen molar-refractivity contribution >= 4 is 11.6 Å². The van der Waals surface area contributed by atoms with E-state index in [4.69, 9.17) is 21.1 Å². The molecule has 0 saturated heterocycles. The molecule has 0 aromatic heterocycles. The molecule has 108 valence electrons. The van der Waals surface area contributed by atoms with Crippen molar-refractivity contribution in [2.45, 2.75) is 45.9 Å². The van der Waals surface area contributed by atoms with Crippen LogP contribution in [-0.4, -0.2) is 25.4 Å². The highest BCUT2D eigenvalue weighted by Gasteiger charge is 2.15. The van der Waals surface area contributed by atoms with E-state index >= 15 is 0 Å². The van der Waals surface area contributed by atoms with Crippen LogP contribution in [0.1, 0.15) is 33.3 Å². The van der Waals surface area contributed by atoms with E-state index in [0.717, 1.165) is 17.9 Å². The standard InChI is InChI=1S/C15H24ClNO2/c1-11(10-18-5)19-14-12(7-6-8-13(14)16)9-17-15(2,3)4/h6-8,11,17H,9-10H2,1-5H3. The van der Waals surface area contributed by atoms with Crippen LogP contribution in [0, 0.1) is 0 Å². The summed E-state index contributed by atoms with van der Waals surface area (Å²) in [4.78, 5) is 0. The van der Waals surface area contributed by atoms with E-state index in [1.807, 2.05) is 25.1 Å². The van der Waals surface area contributed by atoms with E-state index in [9.17, 15) is 0 Å². The zero-order valence-corrected chi connectivity index (χ0v) is 13.2. The van der Waals surface area contributed by atoms with Gasteiger partial charge in [0.1, 0.15) is 11.9 Å². The summed E-state index contributed by atoms with van der Waals surface area (Å²) in [7, 11) is 1.66. The summed E-state index contributed by atoms with van der Waals surface area (Å²) in [6.45, 7) is 9.62. The first-order chi connectivity index (χ1) is 8.83. The molecule has 19 heavy (non-hydrogen) atoms. The molecule has 0 aliphatic rings. The summed E-state index contributed by atoms with van der Waals surface area (Å²) in [6.07, 6.45) is -0.0294. The first-order valence-corrected chi connectivity index (χ1v) is 6.89. The van der Waals surface area contributed by atoms with Crippen LogP contribution in [0.2, 0.25) is 5.02 Å². The molecular formula is C15H24ClNO2. The molecule has 0 amide bonds. The highest BCUT2D eigenvalue weighted by Crippen LogP contribution is 2.30. The second-order valence-electron chi connectivity index (χ2n) is 5.72. The molecule has 0 bridgehead atoms. The first kappa shape index (κ1) is 16.3. The minimum absolute atomic E-state index is 0.0294. The minimum Gasteiger partial charge on any atom is -0.486 e. The molecule has 0 aliphatic heterocycles. The quantitative estimate of drug-likeness (QED) is 0.865. The lowest BCUT2D eigenvalue weighted by Crippen LogP contribution is -2.35. The Kier molecular flexibility index (Phi) is 6.11. The van der Waals surface area contributed by atoms with Gasteiger partial charge in [0.25, 0.3) is 0 Å². The molecule has 0 fully saturated rings. The number of benzene rings is 1. The van der Waals surface area contributed by atoms with Gasteiger partial charge in [-0.3, -0.25) is 0 Å². The van der Waals surface area contributed by atoms with Crippen molar-refractivity contribution in [3.05, 3.63) is 28.8 Å². The normalized spacial score (nSPS) is 13.4. The molecule has 0 aliphatic carbocycles. The van der Waals surface area contributed by atoms with Crippen LogP contribution < -0.4 is 10.1 Å². The van der Waals surface area contributed by atoms with E-state index in [1.165, 1.54) is 0 Å². The molecule has 1 unspecified atom stereocenters. The van der Waals surface area contributed by atoms with Gasteiger partial charge >= 0.3 is 0 Å². The predicted octanol–water partition coefficient (Wildman–Crippen LogP) is 3.64. The van der Waals surface area contributed by atoms with Gasteiger partial charge < -0.3 is 14.8 Å². The fourth-order valence-corrected chi connectivity index (χ4v) is 1.89. The van der Waals surface area contributed by atoms with Crippen LogP contribution in [0.5, 0.6) is 5.75 Å². The maximum absolute atomic E-state index is 6.23. The van der Waals surface area contributed by atoms with Crippen molar-refractivity contribution in [1.29, 1.82) is 0 Å². The van der Waals surface area contributed by atoms with E-state index in [1.54, 1.807) is 7.11 Å². The monoisotopic (exact) mass is 285 g/mol.